The van der Waals surface area contributed by atoms with Crippen molar-refractivity contribution < 1.29 is 13.4 Å². The van der Waals surface area contributed by atoms with Crippen LogP contribution in [0.3, 0.4) is 0 Å². The van der Waals surface area contributed by atoms with Gasteiger partial charge in [0.2, 0.25) is 5.91 Å². The summed E-state index contributed by atoms with van der Waals surface area (Å²) in [6, 6.07) is 12.9. The van der Waals surface area contributed by atoms with Crippen LogP contribution in [0.4, 0.5) is 5.69 Å². The van der Waals surface area contributed by atoms with E-state index in [1.165, 1.54) is 0 Å². The lowest BCUT2D eigenvalue weighted by Crippen LogP contribution is -2.17. The van der Waals surface area contributed by atoms with Gasteiger partial charge >= 0.3 is 0 Å². The Kier molecular flexibility index (Phi) is 4.14. The number of benzene rings is 2. The molecular weight excluding hydrogens is 325 g/mol. The molecule has 2 atom stereocenters. The molecule has 0 saturated carbocycles. The van der Waals surface area contributed by atoms with Gasteiger partial charge in [0, 0.05) is 5.69 Å². The standard InChI is InChI=1S/C16H13Cl2NO3/c1-9(10-6-7-13(21-17)14(8-10)22-18)15-11-4-2-3-5-12(11)19-16(15)20/h2-9,15H,1H3,(H,19,20). The molecule has 2 unspecified atom stereocenters. The quantitative estimate of drug-likeness (QED) is 0.887. The summed E-state index contributed by atoms with van der Waals surface area (Å²) >= 11 is 10.8. The van der Waals surface area contributed by atoms with Crippen LogP contribution in [-0.4, -0.2) is 5.91 Å². The molecular formula is C16H13Cl2NO3. The van der Waals surface area contributed by atoms with Crippen LogP contribution in [0.15, 0.2) is 42.5 Å². The van der Waals surface area contributed by atoms with Crippen LogP contribution in [0.2, 0.25) is 0 Å². The van der Waals surface area contributed by atoms with Crippen molar-refractivity contribution in [1.82, 2.24) is 0 Å². The van der Waals surface area contributed by atoms with Crippen molar-refractivity contribution in [2.45, 2.75) is 18.8 Å². The summed E-state index contributed by atoms with van der Waals surface area (Å²) in [5.74, 6) is 0.303. The van der Waals surface area contributed by atoms with Crippen LogP contribution in [-0.2, 0) is 4.79 Å². The number of halogens is 2. The lowest BCUT2D eigenvalue weighted by atomic mass is 9.83. The first kappa shape index (κ1) is 15.0. The Balaban J connectivity index is 1.97. The monoisotopic (exact) mass is 337 g/mol. The fraction of sp³-hybridized carbons (Fsp3) is 0.188. The normalized spacial score (nSPS) is 17.6. The maximum Gasteiger partial charge on any atom is 0.232 e. The molecule has 1 aliphatic rings. The third-order valence-electron chi connectivity index (χ3n) is 4.00. The minimum Gasteiger partial charge on any atom is -0.382 e. The molecule has 2 aromatic rings. The summed E-state index contributed by atoms with van der Waals surface area (Å²) in [5, 5.41) is 2.91. The average molecular weight is 338 g/mol. The number of hydrogen-bond acceptors (Lipinski definition) is 3. The number of nitrogens with one attached hydrogen (secondary N) is 1. The van der Waals surface area contributed by atoms with Gasteiger partial charge in [-0.2, -0.15) is 0 Å². The summed E-state index contributed by atoms with van der Waals surface area (Å²) in [5.41, 5.74) is 2.76. The Labute approximate surface area is 138 Å². The Morgan fingerprint density at radius 1 is 1.09 bits per heavy atom. The van der Waals surface area contributed by atoms with E-state index in [9.17, 15) is 4.79 Å². The molecule has 2 aromatic carbocycles. The minimum atomic E-state index is -0.262. The van der Waals surface area contributed by atoms with E-state index >= 15 is 0 Å². The van der Waals surface area contributed by atoms with Crippen LogP contribution in [0.5, 0.6) is 11.5 Å². The number of anilines is 1. The van der Waals surface area contributed by atoms with Gasteiger partial charge in [0.05, 0.1) is 5.92 Å². The van der Waals surface area contributed by atoms with Crippen molar-refractivity contribution in [3.63, 3.8) is 0 Å². The molecule has 22 heavy (non-hydrogen) atoms. The third kappa shape index (κ3) is 2.49. The van der Waals surface area contributed by atoms with Gasteiger partial charge in [-0.25, -0.2) is 0 Å². The molecule has 0 fully saturated rings. The van der Waals surface area contributed by atoms with Crippen LogP contribution in [0, 0.1) is 0 Å². The molecule has 6 heteroatoms. The Morgan fingerprint density at radius 2 is 1.82 bits per heavy atom. The number of carbonyl (C=O) groups excluding carboxylic acids is 1. The van der Waals surface area contributed by atoms with Gasteiger partial charge in [0.1, 0.15) is 23.7 Å². The predicted molar refractivity (Wildman–Crippen MR) is 85.6 cm³/mol. The highest BCUT2D eigenvalue weighted by atomic mass is 35.5. The van der Waals surface area contributed by atoms with Gasteiger partial charge in [0.25, 0.3) is 0 Å². The fourth-order valence-electron chi connectivity index (χ4n) is 2.85. The van der Waals surface area contributed by atoms with Gasteiger partial charge in [0.15, 0.2) is 11.5 Å². The Bertz CT molecular complexity index is 720. The smallest absolute Gasteiger partial charge is 0.232 e. The van der Waals surface area contributed by atoms with Crippen molar-refractivity contribution in [2.24, 2.45) is 0 Å². The number of carbonyl (C=O) groups is 1. The van der Waals surface area contributed by atoms with Crippen LogP contribution in [0.25, 0.3) is 0 Å². The van der Waals surface area contributed by atoms with Crippen molar-refractivity contribution >= 4 is 35.3 Å². The first-order valence-electron chi connectivity index (χ1n) is 6.76. The van der Waals surface area contributed by atoms with E-state index in [4.69, 9.17) is 28.0 Å². The summed E-state index contributed by atoms with van der Waals surface area (Å²) < 4.78 is 9.41. The first-order valence-corrected chi connectivity index (χ1v) is 7.38. The highest BCUT2D eigenvalue weighted by Gasteiger charge is 2.35. The van der Waals surface area contributed by atoms with E-state index < -0.39 is 0 Å². The van der Waals surface area contributed by atoms with Crippen LogP contribution < -0.4 is 13.9 Å². The highest BCUT2D eigenvalue weighted by molar-refractivity contribution is 6.10. The maximum absolute atomic E-state index is 12.3. The molecule has 0 bridgehead atoms. The Morgan fingerprint density at radius 3 is 2.55 bits per heavy atom. The average Bonchev–Trinajstić information content (AvgIpc) is 2.89. The van der Waals surface area contributed by atoms with Crippen molar-refractivity contribution in [3.05, 3.63) is 53.6 Å². The number of fused-ring (bicyclic) bond motifs is 1. The molecule has 0 radical (unpaired) electrons. The zero-order valence-electron chi connectivity index (χ0n) is 11.7. The van der Waals surface area contributed by atoms with E-state index in [2.05, 4.69) is 9.61 Å². The van der Waals surface area contributed by atoms with Gasteiger partial charge in [-0.15, -0.1) is 0 Å². The van der Waals surface area contributed by atoms with Crippen LogP contribution in [0.1, 0.15) is 29.9 Å². The lowest BCUT2D eigenvalue weighted by molar-refractivity contribution is -0.117. The molecule has 0 aromatic heterocycles. The molecule has 4 nitrogen and oxygen atoms in total. The van der Waals surface area contributed by atoms with E-state index in [1.807, 2.05) is 37.3 Å². The number of para-hydroxylation sites is 1. The van der Waals surface area contributed by atoms with Crippen LogP contribution >= 0.6 is 23.7 Å². The highest BCUT2D eigenvalue weighted by Crippen LogP contribution is 2.43. The predicted octanol–water partition coefficient (Wildman–Crippen LogP) is 4.59. The molecule has 1 heterocycles. The number of rotatable bonds is 4. The zero-order chi connectivity index (χ0) is 15.7. The van der Waals surface area contributed by atoms with Crippen molar-refractivity contribution in [2.75, 3.05) is 5.32 Å². The molecule has 1 aliphatic heterocycles. The second-order valence-corrected chi connectivity index (χ2v) is 5.51. The largest absolute Gasteiger partial charge is 0.382 e. The van der Waals surface area contributed by atoms with E-state index in [0.29, 0.717) is 11.5 Å². The third-order valence-corrected chi connectivity index (χ3v) is 4.33. The maximum atomic E-state index is 12.3. The fourth-order valence-corrected chi connectivity index (χ4v) is 3.10. The summed E-state index contributed by atoms with van der Waals surface area (Å²) in [7, 11) is 0. The van der Waals surface area contributed by atoms with Crippen molar-refractivity contribution in [3.8, 4) is 11.5 Å². The number of hydrogen-bond donors (Lipinski definition) is 1. The zero-order valence-corrected chi connectivity index (χ0v) is 13.2. The molecule has 0 aliphatic carbocycles. The second-order valence-electron chi connectivity index (χ2n) is 5.20. The minimum absolute atomic E-state index is 0.0142. The summed E-state index contributed by atoms with van der Waals surface area (Å²) in [6.45, 7) is 1.99. The Hall–Kier alpha value is -1.91. The van der Waals surface area contributed by atoms with E-state index in [0.717, 1.165) is 16.8 Å². The molecule has 114 valence electrons. The second kappa shape index (κ2) is 6.07. The molecule has 0 saturated heterocycles. The number of amides is 1. The summed E-state index contributed by atoms with van der Waals surface area (Å²) in [6.07, 6.45) is 0. The van der Waals surface area contributed by atoms with Crippen molar-refractivity contribution in [1.29, 1.82) is 0 Å². The van der Waals surface area contributed by atoms with Gasteiger partial charge in [-0.05, 0) is 35.2 Å². The van der Waals surface area contributed by atoms with E-state index in [1.54, 1.807) is 12.1 Å². The molecule has 0 spiro atoms. The topological polar surface area (TPSA) is 47.6 Å². The van der Waals surface area contributed by atoms with Gasteiger partial charge in [-0.1, -0.05) is 31.2 Å². The lowest BCUT2D eigenvalue weighted by Gasteiger charge is -2.19. The first-order chi connectivity index (χ1) is 10.7. The molecule has 1 N–H and O–H groups in total. The SMILES string of the molecule is CC(c1ccc(OCl)c(OCl)c1)C1C(=O)Nc2ccccc21. The van der Waals surface area contributed by atoms with Gasteiger partial charge in [-0.3, -0.25) is 4.79 Å². The van der Waals surface area contributed by atoms with Gasteiger partial charge < -0.3 is 13.9 Å². The molecule has 1 amide bonds. The van der Waals surface area contributed by atoms with E-state index in [-0.39, 0.29) is 17.7 Å². The summed E-state index contributed by atoms with van der Waals surface area (Å²) in [4.78, 5) is 12.3. The molecule has 3 rings (SSSR count).